The first kappa shape index (κ1) is 22.6. The molecule has 0 aromatic heterocycles. The van der Waals surface area contributed by atoms with Crippen LogP contribution in [-0.2, 0) is 19.6 Å². The molecule has 3 aliphatic heterocycles. The highest BCUT2D eigenvalue weighted by Crippen LogP contribution is 2.41. The predicted molar refractivity (Wildman–Crippen MR) is 120 cm³/mol. The number of benzene rings is 1. The number of nitrogens with one attached hydrogen (secondary N) is 3. The lowest BCUT2D eigenvalue weighted by atomic mass is 9.90. The number of carbonyl (C=O) groups is 1. The fraction of sp³-hybridized carbons (Fsp3) is 0.636. The molecular formula is C22H30N6O4S. The van der Waals surface area contributed by atoms with Crippen LogP contribution >= 0.6 is 0 Å². The normalized spacial score (nSPS) is 29.6. The molecule has 1 aliphatic carbocycles. The van der Waals surface area contributed by atoms with E-state index in [4.69, 9.17) is 4.74 Å². The number of ether oxygens (including phenoxy) is 1. The molecule has 3 saturated heterocycles. The monoisotopic (exact) mass is 474 g/mol. The summed E-state index contributed by atoms with van der Waals surface area (Å²) >= 11 is 0. The van der Waals surface area contributed by atoms with Crippen molar-refractivity contribution in [2.24, 2.45) is 11.8 Å². The van der Waals surface area contributed by atoms with Crippen LogP contribution in [0, 0.1) is 23.2 Å². The molecule has 4 atom stereocenters. The Morgan fingerprint density at radius 1 is 1.24 bits per heavy atom. The highest BCUT2D eigenvalue weighted by Gasteiger charge is 2.51. The summed E-state index contributed by atoms with van der Waals surface area (Å²) in [5.74, 6) is 0.189. The highest BCUT2D eigenvalue weighted by atomic mass is 32.2. The summed E-state index contributed by atoms with van der Waals surface area (Å²) in [5.41, 5.74) is 4.21. The number of methoxy groups -OCH3 is 1. The number of piperidine rings is 1. The number of nitriles is 1. The average molecular weight is 475 g/mol. The highest BCUT2D eigenvalue weighted by molar-refractivity contribution is 7.89. The largest absolute Gasteiger partial charge is 0.379 e. The van der Waals surface area contributed by atoms with Gasteiger partial charge in [0, 0.05) is 44.5 Å². The van der Waals surface area contributed by atoms with Gasteiger partial charge in [0.1, 0.15) is 6.17 Å². The number of nitrogens with zero attached hydrogens (tertiary/aromatic N) is 3. The maximum absolute atomic E-state index is 12.8. The zero-order valence-electron chi connectivity index (χ0n) is 18.6. The van der Waals surface area contributed by atoms with Gasteiger partial charge in [-0.2, -0.15) is 9.57 Å². The Balaban J connectivity index is 1.31. The second kappa shape index (κ2) is 8.85. The molecule has 1 aromatic rings. The topological polar surface area (TPSA) is 127 Å². The molecule has 1 aromatic carbocycles. The van der Waals surface area contributed by atoms with Crippen molar-refractivity contribution in [3.63, 3.8) is 0 Å². The minimum atomic E-state index is -3.54. The Labute approximate surface area is 194 Å². The van der Waals surface area contributed by atoms with E-state index in [2.05, 4.69) is 27.1 Å². The third-order valence-corrected chi connectivity index (χ3v) is 9.09. The second-order valence-corrected chi connectivity index (χ2v) is 11.2. The molecule has 4 aliphatic rings. The summed E-state index contributed by atoms with van der Waals surface area (Å²) in [6, 6.07) is 9.07. The molecule has 1 amide bonds. The molecule has 0 bridgehead atoms. The van der Waals surface area contributed by atoms with Crippen LogP contribution in [0.4, 0.5) is 5.69 Å². The number of anilines is 1. The molecule has 0 radical (unpaired) electrons. The molecule has 0 spiro atoms. The van der Waals surface area contributed by atoms with Gasteiger partial charge < -0.3 is 15.4 Å². The van der Waals surface area contributed by atoms with E-state index in [0.29, 0.717) is 32.0 Å². The number of sulfonamides is 1. The van der Waals surface area contributed by atoms with Crippen LogP contribution in [0.3, 0.4) is 0 Å². The van der Waals surface area contributed by atoms with Crippen molar-refractivity contribution in [1.29, 1.82) is 5.26 Å². The van der Waals surface area contributed by atoms with E-state index in [1.54, 1.807) is 31.4 Å². The summed E-state index contributed by atoms with van der Waals surface area (Å²) in [4.78, 5) is 13.0. The van der Waals surface area contributed by atoms with Gasteiger partial charge >= 0.3 is 0 Å². The molecule has 4 fully saturated rings. The Morgan fingerprint density at radius 3 is 2.61 bits per heavy atom. The summed E-state index contributed by atoms with van der Waals surface area (Å²) < 4.78 is 32.1. The van der Waals surface area contributed by atoms with Crippen molar-refractivity contribution in [2.75, 3.05) is 32.1 Å². The number of carbonyl (C=O) groups excluding carboxylic acids is 1. The van der Waals surface area contributed by atoms with Crippen LogP contribution in [0.2, 0.25) is 0 Å². The SMILES string of the molecule is COC1CN(S(=O)(=O)c2ccc(NC3NN([C@@H](CC#N)C4CC4)C4CCNC(=O)C34)cc2)C1. The molecule has 3 N–H and O–H groups in total. The van der Waals surface area contributed by atoms with E-state index in [9.17, 15) is 18.5 Å². The lowest BCUT2D eigenvalue weighted by Gasteiger charge is -2.36. The van der Waals surface area contributed by atoms with Crippen molar-refractivity contribution in [1.82, 2.24) is 20.1 Å². The number of hydrogen-bond donors (Lipinski definition) is 3. The van der Waals surface area contributed by atoms with Crippen molar-refractivity contribution in [3.05, 3.63) is 24.3 Å². The molecule has 5 rings (SSSR count). The molecule has 3 heterocycles. The Bertz CT molecular complexity index is 1030. The van der Waals surface area contributed by atoms with Gasteiger partial charge in [0.15, 0.2) is 0 Å². The van der Waals surface area contributed by atoms with Gasteiger partial charge in [0.05, 0.1) is 29.4 Å². The third-order valence-electron chi connectivity index (χ3n) is 7.25. The first-order chi connectivity index (χ1) is 15.9. The fourth-order valence-corrected chi connectivity index (χ4v) is 6.67. The van der Waals surface area contributed by atoms with E-state index >= 15 is 0 Å². The van der Waals surface area contributed by atoms with E-state index in [1.807, 2.05) is 0 Å². The van der Waals surface area contributed by atoms with Gasteiger partial charge in [0.2, 0.25) is 15.9 Å². The summed E-state index contributed by atoms with van der Waals surface area (Å²) in [5, 5.41) is 17.8. The minimum absolute atomic E-state index is 0.00469. The zero-order valence-corrected chi connectivity index (χ0v) is 19.4. The smallest absolute Gasteiger partial charge is 0.243 e. The fourth-order valence-electron chi connectivity index (χ4n) is 5.17. The summed E-state index contributed by atoms with van der Waals surface area (Å²) in [6.45, 7) is 1.36. The average Bonchev–Trinajstić information content (AvgIpc) is 3.54. The lowest BCUT2D eigenvalue weighted by molar-refractivity contribution is -0.128. The van der Waals surface area contributed by atoms with Gasteiger partial charge in [-0.15, -0.1) is 0 Å². The molecule has 10 nitrogen and oxygen atoms in total. The quantitative estimate of drug-likeness (QED) is 0.496. The van der Waals surface area contributed by atoms with Crippen molar-refractivity contribution in [2.45, 2.75) is 54.9 Å². The van der Waals surface area contributed by atoms with E-state index < -0.39 is 10.0 Å². The van der Waals surface area contributed by atoms with Gasteiger partial charge in [-0.1, -0.05) is 0 Å². The minimum Gasteiger partial charge on any atom is -0.379 e. The maximum Gasteiger partial charge on any atom is 0.243 e. The molecule has 11 heteroatoms. The molecule has 178 valence electrons. The Morgan fingerprint density at radius 2 is 1.97 bits per heavy atom. The first-order valence-electron chi connectivity index (χ1n) is 11.5. The first-order valence-corrected chi connectivity index (χ1v) is 12.9. The predicted octanol–water partition coefficient (Wildman–Crippen LogP) is 0.461. The summed E-state index contributed by atoms with van der Waals surface area (Å²) in [7, 11) is -1.96. The number of hydrazine groups is 1. The van der Waals surface area contributed by atoms with Gasteiger partial charge in [0.25, 0.3) is 0 Å². The van der Waals surface area contributed by atoms with Crippen LogP contribution in [-0.4, -0.2) is 74.7 Å². The number of amides is 1. The number of hydrogen-bond acceptors (Lipinski definition) is 8. The van der Waals surface area contributed by atoms with Crippen LogP contribution in [0.1, 0.15) is 25.7 Å². The lowest BCUT2D eigenvalue weighted by Crippen LogP contribution is -2.54. The Kier molecular flexibility index (Phi) is 6.05. The van der Waals surface area contributed by atoms with E-state index in [1.165, 1.54) is 4.31 Å². The van der Waals surface area contributed by atoms with Crippen LogP contribution in [0.25, 0.3) is 0 Å². The number of rotatable bonds is 8. The maximum atomic E-state index is 12.8. The molecule has 1 saturated carbocycles. The Hall–Kier alpha value is -2.23. The second-order valence-electron chi connectivity index (χ2n) is 9.30. The van der Waals surface area contributed by atoms with Crippen LogP contribution < -0.4 is 16.1 Å². The van der Waals surface area contributed by atoms with E-state index in [0.717, 1.165) is 24.9 Å². The van der Waals surface area contributed by atoms with Crippen molar-refractivity contribution in [3.8, 4) is 6.07 Å². The van der Waals surface area contributed by atoms with Crippen LogP contribution in [0.15, 0.2) is 29.2 Å². The van der Waals surface area contributed by atoms with Gasteiger partial charge in [-0.25, -0.2) is 18.9 Å². The van der Waals surface area contributed by atoms with Gasteiger partial charge in [-0.05, 0) is 49.4 Å². The molecular weight excluding hydrogens is 444 g/mol. The van der Waals surface area contributed by atoms with Crippen molar-refractivity contribution < 1.29 is 17.9 Å². The van der Waals surface area contributed by atoms with Crippen molar-refractivity contribution >= 4 is 21.6 Å². The summed E-state index contributed by atoms with van der Waals surface area (Å²) in [6.07, 6.45) is 3.10. The van der Waals surface area contributed by atoms with Crippen LogP contribution in [0.5, 0.6) is 0 Å². The zero-order chi connectivity index (χ0) is 23.2. The molecule has 3 unspecified atom stereocenters. The third kappa shape index (κ3) is 4.22. The standard InChI is InChI=1S/C22H30N6O4S/c1-32-16-12-27(13-16)33(30,31)17-6-4-15(5-7-17)25-21-20-19(9-11-24-22(20)29)28(26-21)18(8-10-23)14-2-3-14/h4-7,14,16,18-21,25-26H,2-3,8-9,11-13H2,1H3,(H,24,29)/t18-,19?,20?,21?/m0/s1. The van der Waals surface area contributed by atoms with Gasteiger partial charge in [-0.3, -0.25) is 4.79 Å². The number of fused-ring (bicyclic) bond motifs is 1. The van der Waals surface area contributed by atoms with E-state index in [-0.39, 0.29) is 41.1 Å². The molecule has 33 heavy (non-hydrogen) atoms.